The van der Waals surface area contributed by atoms with Crippen LogP contribution in [0.15, 0.2) is 0 Å². The van der Waals surface area contributed by atoms with Crippen LogP contribution in [-0.2, 0) is 9.59 Å². The summed E-state index contributed by atoms with van der Waals surface area (Å²) in [5.74, 6) is 2.48. The van der Waals surface area contributed by atoms with Gasteiger partial charge in [-0.15, -0.1) is 0 Å². The number of rotatable bonds is 0. The van der Waals surface area contributed by atoms with E-state index in [2.05, 4.69) is 41.5 Å². The van der Waals surface area contributed by atoms with Gasteiger partial charge in [-0.25, -0.2) is 0 Å². The van der Waals surface area contributed by atoms with Gasteiger partial charge in [-0.2, -0.15) is 0 Å². The summed E-state index contributed by atoms with van der Waals surface area (Å²) in [6, 6.07) is 0. The van der Waals surface area contributed by atoms with Gasteiger partial charge in [-0.3, -0.25) is 0 Å². The van der Waals surface area contributed by atoms with E-state index in [4.69, 9.17) is 0 Å². The Kier molecular flexibility index (Phi) is 2.96. The van der Waals surface area contributed by atoms with E-state index in [0.717, 1.165) is 12.8 Å². The van der Waals surface area contributed by atoms with E-state index < -0.39 is 41.8 Å². The summed E-state index contributed by atoms with van der Waals surface area (Å²) in [5.41, 5.74) is 0.159. The molecule has 0 N–H and O–H groups in total. The normalized spacial score (nSPS) is 58.9. The fraction of sp³-hybridized carbons (Fsp3) is 0.900. The third-order valence-electron chi connectivity index (χ3n) is 9.61. The Balaban J connectivity index is 1.57. The van der Waals surface area contributed by atoms with Gasteiger partial charge in [0.1, 0.15) is 0 Å². The van der Waals surface area contributed by atoms with Gasteiger partial charge in [0.25, 0.3) is 0 Å². The zero-order valence-electron chi connectivity index (χ0n) is 15.6. The Hall–Kier alpha value is 0.919. The van der Waals surface area contributed by atoms with E-state index in [1.807, 2.05) is 0 Å². The van der Waals surface area contributed by atoms with Crippen molar-refractivity contribution >= 4 is 53.4 Å². The molecule has 0 unspecified atom stereocenters. The van der Waals surface area contributed by atoms with Gasteiger partial charge in [-0.05, 0) is 0 Å². The van der Waals surface area contributed by atoms with Gasteiger partial charge in [-0.1, -0.05) is 0 Å². The summed E-state index contributed by atoms with van der Waals surface area (Å²) in [4.78, 5) is 27.1. The molecule has 0 amide bonds. The van der Waals surface area contributed by atoms with Crippen LogP contribution in [0.1, 0.15) is 67.2 Å². The first kappa shape index (κ1) is 17.0. The molecule has 4 atom stereocenters. The maximum atomic E-state index is 13.6. The van der Waals surface area contributed by atoms with Crippen molar-refractivity contribution in [1.82, 2.24) is 0 Å². The van der Waals surface area contributed by atoms with Crippen LogP contribution < -0.4 is 0 Å². The molecule has 5 rings (SSSR count). The third-order valence-corrected chi connectivity index (χ3v) is 24.8. The first-order chi connectivity index (χ1) is 10.9. The zero-order chi connectivity index (χ0) is 17.6. The van der Waals surface area contributed by atoms with Gasteiger partial charge in [0.05, 0.1) is 0 Å². The molecule has 0 aromatic rings. The van der Waals surface area contributed by atoms with Crippen LogP contribution in [0.4, 0.5) is 0 Å². The summed E-state index contributed by atoms with van der Waals surface area (Å²) in [6.45, 7) is 13.9. The minimum absolute atomic E-state index is 0.0884. The Morgan fingerprint density at radius 3 is 1.29 bits per heavy atom. The fourth-order valence-electron chi connectivity index (χ4n) is 7.16. The van der Waals surface area contributed by atoms with Crippen molar-refractivity contribution in [3.05, 3.63) is 0 Å². The second-order valence-electron chi connectivity index (χ2n) is 10.5. The molecule has 4 bridgehead atoms. The molecule has 132 valence electrons. The molecule has 0 radical (unpaired) electrons. The van der Waals surface area contributed by atoms with E-state index in [1.54, 1.807) is 0 Å². The first-order valence-corrected chi connectivity index (χ1v) is 14.1. The standard InChI is InChI=1S/C20H28O2Te2/c1-15(2)11-7-9-17(15,5)13(21)19(11)23-20(24-19)12-8-10-18(6,14(20)22)16(12,3)4/h11-12H,7-10H2,1-6H3/t11-,12-,17-,18-,19?,20?/m0/s1. The maximum absolute atomic E-state index is 13.6. The van der Waals surface area contributed by atoms with Crippen molar-refractivity contribution < 1.29 is 9.59 Å². The second kappa shape index (κ2) is 4.17. The molecule has 0 aromatic carbocycles. The van der Waals surface area contributed by atoms with Crippen LogP contribution in [0, 0.1) is 33.5 Å². The van der Waals surface area contributed by atoms with Crippen molar-refractivity contribution in [2.75, 3.05) is 0 Å². The molecule has 24 heavy (non-hydrogen) atoms. The molecule has 2 nitrogen and oxygen atoms in total. The van der Waals surface area contributed by atoms with Gasteiger partial charge < -0.3 is 0 Å². The Morgan fingerprint density at radius 2 is 1.04 bits per heavy atom. The summed E-state index contributed by atoms with van der Waals surface area (Å²) in [6.07, 6.45) is 4.69. The van der Waals surface area contributed by atoms with Gasteiger partial charge >= 0.3 is 167 Å². The number of hydrogen-bond donors (Lipinski definition) is 0. The van der Waals surface area contributed by atoms with Crippen molar-refractivity contribution in [2.24, 2.45) is 33.5 Å². The number of carbonyl (C=O) groups is 2. The average molecular weight is 556 g/mol. The van der Waals surface area contributed by atoms with E-state index in [-0.39, 0.29) is 24.7 Å². The molecule has 5 fully saturated rings. The van der Waals surface area contributed by atoms with E-state index in [1.165, 1.54) is 12.8 Å². The molecular weight excluding hydrogens is 527 g/mol. The molecule has 2 spiro atoms. The average Bonchev–Trinajstić information content (AvgIpc) is 2.92. The summed E-state index contributed by atoms with van der Waals surface area (Å²) in [7, 11) is 0. The number of fused-ring (bicyclic) bond motifs is 6. The molecule has 5 aliphatic rings. The van der Waals surface area contributed by atoms with Crippen LogP contribution >= 0.6 is 0 Å². The van der Waals surface area contributed by atoms with Crippen LogP contribution in [-0.4, -0.2) is 53.4 Å². The fourth-order valence-corrected chi connectivity index (χ4v) is 28.2. The Labute approximate surface area is 165 Å². The van der Waals surface area contributed by atoms with E-state index in [0.29, 0.717) is 23.4 Å². The van der Waals surface area contributed by atoms with Gasteiger partial charge in [0.15, 0.2) is 0 Å². The predicted molar refractivity (Wildman–Crippen MR) is 96.1 cm³/mol. The van der Waals surface area contributed by atoms with Crippen molar-refractivity contribution in [3.63, 3.8) is 0 Å². The molecule has 0 aromatic heterocycles. The topological polar surface area (TPSA) is 34.1 Å². The number of Topliss-reactive ketones (excluding diaryl/α,β-unsaturated/α-hetero) is 2. The first-order valence-electron chi connectivity index (χ1n) is 9.40. The van der Waals surface area contributed by atoms with Crippen LogP contribution in [0.5, 0.6) is 0 Å². The molecule has 4 heteroatoms. The van der Waals surface area contributed by atoms with Crippen LogP contribution in [0.3, 0.4) is 0 Å². The van der Waals surface area contributed by atoms with Crippen LogP contribution in [0.25, 0.3) is 0 Å². The van der Waals surface area contributed by atoms with Crippen molar-refractivity contribution in [2.45, 2.75) is 70.2 Å². The summed E-state index contributed by atoms with van der Waals surface area (Å²) >= 11 is -1.12. The van der Waals surface area contributed by atoms with E-state index >= 15 is 0 Å². The van der Waals surface area contributed by atoms with Crippen LogP contribution in [0.2, 0.25) is 3.02 Å². The number of hydrogen-bond acceptors (Lipinski definition) is 2. The minimum atomic E-state index is -0.558. The Bertz CT molecular complexity index is 644. The van der Waals surface area contributed by atoms with Gasteiger partial charge in [0, 0.05) is 0 Å². The summed E-state index contributed by atoms with van der Waals surface area (Å²) < 4.78 is 0.193. The Morgan fingerprint density at radius 1 is 0.708 bits per heavy atom. The van der Waals surface area contributed by atoms with E-state index in [9.17, 15) is 9.59 Å². The monoisotopic (exact) mass is 560 g/mol. The van der Waals surface area contributed by atoms with Gasteiger partial charge in [0.2, 0.25) is 0 Å². The third kappa shape index (κ3) is 1.33. The quantitative estimate of drug-likeness (QED) is 0.428. The molecule has 1 heterocycles. The van der Waals surface area contributed by atoms with Crippen molar-refractivity contribution in [1.29, 1.82) is 0 Å². The molecular formula is C20H28O2Te2. The number of ketones is 2. The van der Waals surface area contributed by atoms with Crippen molar-refractivity contribution in [3.8, 4) is 0 Å². The zero-order valence-corrected chi connectivity index (χ0v) is 20.3. The molecule has 4 saturated carbocycles. The number of carbonyl (C=O) groups excluding carboxylic acids is 2. The predicted octanol–water partition coefficient (Wildman–Crippen LogP) is 3.69. The summed E-state index contributed by atoms with van der Waals surface area (Å²) in [5, 5.41) is 0. The molecule has 1 saturated heterocycles. The molecule has 4 aliphatic carbocycles. The SMILES string of the molecule is CC1(C)[C@@H]2CC[C@@]1(C)C(=O)C21[Te]C2([Te]1)C(=O)[C@]1(C)CC[C@H]2C1(C)C. The second-order valence-corrected chi connectivity index (χ2v) is 24.0. The molecule has 1 aliphatic heterocycles.